The second-order valence-corrected chi connectivity index (χ2v) is 6.55. The molecule has 3 rings (SSSR count). The maximum absolute atomic E-state index is 12.9. The fourth-order valence-electron chi connectivity index (χ4n) is 2.25. The smallest absolute Gasteiger partial charge is 0.306 e. The average Bonchev–Trinajstić information content (AvgIpc) is 2.91. The van der Waals surface area contributed by atoms with Gasteiger partial charge in [0, 0.05) is 5.56 Å². The van der Waals surface area contributed by atoms with Crippen LogP contribution in [0.5, 0.6) is 0 Å². The van der Waals surface area contributed by atoms with Crippen molar-refractivity contribution in [1.29, 1.82) is 0 Å². The quantitative estimate of drug-likeness (QED) is 0.590. The molecule has 0 spiro atoms. The number of Topliss-reactive ketones (excluding diaryl/α,β-unsaturated/α-hetero) is 1. The van der Waals surface area contributed by atoms with Crippen molar-refractivity contribution in [3.63, 3.8) is 0 Å². The SMILES string of the molecule is CC1OP(OC(C(=O)c2ccccc2)c2ccccc2)OC1C. The molecule has 5 heteroatoms. The van der Waals surface area contributed by atoms with Crippen LogP contribution in [0.4, 0.5) is 0 Å². The Bertz CT molecular complexity index is 637. The van der Waals surface area contributed by atoms with Gasteiger partial charge in [0.1, 0.15) is 0 Å². The summed E-state index contributed by atoms with van der Waals surface area (Å²) >= 11 is 0. The summed E-state index contributed by atoms with van der Waals surface area (Å²) in [4.78, 5) is 12.9. The van der Waals surface area contributed by atoms with Gasteiger partial charge in [0.25, 0.3) is 0 Å². The molecule has 4 nitrogen and oxygen atoms in total. The highest BCUT2D eigenvalue weighted by molar-refractivity contribution is 7.42. The molecular formula is C18H19O4P. The largest absolute Gasteiger partial charge is 0.334 e. The molecule has 1 saturated heterocycles. The van der Waals surface area contributed by atoms with E-state index in [2.05, 4.69) is 0 Å². The van der Waals surface area contributed by atoms with Gasteiger partial charge in [-0.3, -0.25) is 9.32 Å². The highest BCUT2D eigenvalue weighted by Crippen LogP contribution is 2.52. The van der Waals surface area contributed by atoms with Gasteiger partial charge in [-0.25, -0.2) is 0 Å². The van der Waals surface area contributed by atoms with Crippen molar-refractivity contribution in [2.75, 3.05) is 0 Å². The van der Waals surface area contributed by atoms with Crippen LogP contribution in [0, 0.1) is 0 Å². The maximum atomic E-state index is 12.9. The Kier molecular flexibility index (Phi) is 5.19. The molecular weight excluding hydrogens is 311 g/mol. The Morgan fingerprint density at radius 1 is 0.957 bits per heavy atom. The van der Waals surface area contributed by atoms with Crippen LogP contribution in [0.1, 0.15) is 35.9 Å². The zero-order valence-electron chi connectivity index (χ0n) is 13.1. The van der Waals surface area contributed by atoms with Crippen LogP contribution < -0.4 is 0 Å². The Morgan fingerprint density at radius 2 is 1.48 bits per heavy atom. The highest BCUT2D eigenvalue weighted by atomic mass is 31.2. The number of rotatable bonds is 5. The number of ketones is 1. The predicted molar refractivity (Wildman–Crippen MR) is 89.1 cm³/mol. The molecule has 0 aliphatic carbocycles. The second kappa shape index (κ2) is 7.33. The van der Waals surface area contributed by atoms with Gasteiger partial charge in [-0.2, -0.15) is 0 Å². The van der Waals surface area contributed by atoms with Gasteiger partial charge in [-0.05, 0) is 19.4 Å². The van der Waals surface area contributed by atoms with Gasteiger partial charge < -0.3 is 9.05 Å². The Morgan fingerprint density at radius 3 is 2.04 bits per heavy atom. The predicted octanol–water partition coefficient (Wildman–Crippen LogP) is 4.68. The molecule has 2 aromatic rings. The lowest BCUT2D eigenvalue weighted by Gasteiger charge is -2.19. The lowest BCUT2D eigenvalue weighted by Crippen LogP contribution is -2.15. The molecule has 2 aromatic carbocycles. The molecule has 1 aliphatic heterocycles. The molecule has 3 atom stereocenters. The fourth-order valence-corrected chi connectivity index (χ4v) is 3.67. The third-order valence-corrected chi connectivity index (χ3v) is 5.15. The second-order valence-electron chi connectivity index (χ2n) is 5.47. The molecule has 0 saturated carbocycles. The number of benzene rings is 2. The first-order valence-corrected chi connectivity index (χ1v) is 8.69. The van der Waals surface area contributed by atoms with Crippen LogP contribution in [0.25, 0.3) is 0 Å². The van der Waals surface area contributed by atoms with Crippen molar-refractivity contribution < 1.29 is 18.4 Å². The van der Waals surface area contributed by atoms with Gasteiger partial charge >= 0.3 is 8.60 Å². The average molecular weight is 330 g/mol. The van der Waals surface area contributed by atoms with Crippen molar-refractivity contribution in [3.05, 3.63) is 71.8 Å². The summed E-state index contributed by atoms with van der Waals surface area (Å²) in [6.45, 7) is 3.87. The minimum absolute atomic E-state index is 0.0376. The first kappa shape index (κ1) is 16.3. The molecule has 1 fully saturated rings. The molecule has 0 aromatic heterocycles. The van der Waals surface area contributed by atoms with Crippen molar-refractivity contribution in [3.8, 4) is 0 Å². The highest BCUT2D eigenvalue weighted by Gasteiger charge is 2.36. The molecule has 1 aliphatic rings. The van der Waals surface area contributed by atoms with E-state index in [1.807, 2.05) is 62.4 Å². The lowest BCUT2D eigenvalue weighted by molar-refractivity contribution is 0.0756. The number of carbonyl (C=O) groups excluding carboxylic acids is 1. The molecule has 0 radical (unpaired) electrons. The van der Waals surface area contributed by atoms with Crippen LogP contribution in [0.15, 0.2) is 60.7 Å². The molecule has 23 heavy (non-hydrogen) atoms. The summed E-state index contributed by atoms with van der Waals surface area (Å²) in [5.74, 6) is -0.0984. The maximum Gasteiger partial charge on any atom is 0.334 e. The van der Waals surface area contributed by atoms with E-state index in [1.54, 1.807) is 12.1 Å². The molecule has 0 N–H and O–H groups in total. The van der Waals surface area contributed by atoms with Crippen molar-refractivity contribution in [1.82, 2.24) is 0 Å². The van der Waals surface area contributed by atoms with E-state index in [-0.39, 0.29) is 18.0 Å². The van der Waals surface area contributed by atoms with Gasteiger partial charge in [-0.1, -0.05) is 60.7 Å². The van der Waals surface area contributed by atoms with E-state index < -0.39 is 14.7 Å². The van der Waals surface area contributed by atoms with Gasteiger partial charge in [-0.15, -0.1) is 0 Å². The van der Waals surface area contributed by atoms with Crippen LogP contribution >= 0.6 is 8.60 Å². The van der Waals surface area contributed by atoms with E-state index in [0.717, 1.165) is 5.56 Å². The van der Waals surface area contributed by atoms with Crippen molar-refractivity contribution in [2.45, 2.75) is 32.2 Å². The van der Waals surface area contributed by atoms with E-state index in [1.165, 1.54) is 0 Å². The first-order valence-electron chi connectivity index (χ1n) is 7.60. The lowest BCUT2D eigenvalue weighted by atomic mass is 10.0. The van der Waals surface area contributed by atoms with E-state index in [9.17, 15) is 4.79 Å². The van der Waals surface area contributed by atoms with Crippen molar-refractivity contribution >= 4 is 14.4 Å². The summed E-state index contributed by atoms with van der Waals surface area (Å²) in [5, 5.41) is 0. The third-order valence-electron chi connectivity index (χ3n) is 3.76. The fraction of sp³-hybridized carbons (Fsp3) is 0.278. The molecule has 0 amide bonds. The topological polar surface area (TPSA) is 44.8 Å². The summed E-state index contributed by atoms with van der Waals surface area (Å²) in [5.41, 5.74) is 1.40. The minimum Gasteiger partial charge on any atom is -0.306 e. The summed E-state index contributed by atoms with van der Waals surface area (Å²) in [6, 6.07) is 18.6. The van der Waals surface area contributed by atoms with Crippen LogP contribution in [-0.4, -0.2) is 18.0 Å². The normalized spacial score (nSPS) is 25.2. The molecule has 120 valence electrons. The van der Waals surface area contributed by atoms with Crippen molar-refractivity contribution in [2.24, 2.45) is 0 Å². The number of carbonyl (C=O) groups is 1. The van der Waals surface area contributed by atoms with Gasteiger partial charge in [0.05, 0.1) is 12.2 Å². The first-order chi connectivity index (χ1) is 11.1. The van der Waals surface area contributed by atoms with Crippen LogP contribution in [0.3, 0.4) is 0 Å². The minimum atomic E-state index is -1.53. The molecule has 1 heterocycles. The standard InChI is InChI=1S/C18H19O4P/c1-13-14(2)21-23(20-13)22-18(16-11-7-4-8-12-16)17(19)15-9-5-3-6-10-15/h3-14,18H,1-2H3. The summed E-state index contributed by atoms with van der Waals surface area (Å²) in [7, 11) is -1.53. The van der Waals surface area contributed by atoms with E-state index in [0.29, 0.717) is 5.56 Å². The Hall–Kier alpha value is -1.58. The summed E-state index contributed by atoms with van der Waals surface area (Å²) < 4.78 is 17.3. The summed E-state index contributed by atoms with van der Waals surface area (Å²) in [6.07, 6.45) is -0.809. The number of hydrogen-bond donors (Lipinski definition) is 0. The van der Waals surface area contributed by atoms with Gasteiger partial charge in [0.15, 0.2) is 11.9 Å². The zero-order valence-corrected chi connectivity index (χ0v) is 14.0. The van der Waals surface area contributed by atoms with Crippen LogP contribution in [0.2, 0.25) is 0 Å². The van der Waals surface area contributed by atoms with E-state index >= 15 is 0 Å². The van der Waals surface area contributed by atoms with Gasteiger partial charge in [0.2, 0.25) is 0 Å². The Balaban J connectivity index is 1.84. The molecule has 0 bridgehead atoms. The zero-order chi connectivity index (χ0) is 16.2. The van der Waals surface area contributed by atoms with Crippen LogP contribution in [-0.2, 0) is 13.6 Å². The monoisotopic (exact) mass is 330 g/mol. The molecule has 3 unspecified atom stereocenters. The van der Waals surface area contributed by atoms with E-state index in [4.69, 9.17) is 13.6 Å². The number of hydrogen-bond acceptors (Lipinski definition) is 4. The third kappa shape index (κ3) is 3.85. The Labute approximate surface area is 137 Å².